The molecule has 5 heteroatoms. The van der Waals surface area contributed by atoms with E-state index in [0.29, 0.717) is 18.2 Å². The summed E-state index contributed by atoms with van der Waals surface area (Å²) >= 11 is 0. The molecule has 250 valence electrons. The van der Waals surface area contributed by atoms with Crippen LogP contribution in [0.3, 0.4) is 0 Å². The van der Waals surface area contributed by atoms with Gasteiger partial charge in [-0.2, -0.15) is 0 Å². The van der Waals surface area contributed by atoms with E-state index < -0.39 is 0 Å². The lowest BCUT2D eigenvalue weighted by Crippen LogP contribution is -2.06. The average Bonchev–Trinajstić information content (AvgIpc) is 3.79. The largest absolute Gasteiger partial charge is 0.456 e. The van der Waals surface area contributed by atoms with Crippen molar-refractivity contribution in [3.05, 3.63) is 180 Å². The maximum Gasteiger partial charge on any atom is 0.161 e. The fourth-order valence-electron chi connectivity index (χ4n) is 7.42. The van der Waals surface area contributed by atoms with Crippen LogP contribution in [0.5, 0.6) is 0 Å². The molecule has 0 bridgehead atoms. The van der Waals surface area contributed by atoms with Crippen LogP contribution in [0.1, 0.15) is 16.7 Å². The van der Waals surface area contributed by atoms with Gasteiger partial charge in [-0.1, -0.05) is 115 Å². The zero-order chi connectivity index (χ0) is 35.3. The molecule has 8 aromatic carbocycles. The average molecular weight is 682 g/mol. The van der Waals surface area contributed by atoms with Crippen molar-refractivity contribution in [1.82, 2.24) is 0 Å². The molecule has 2 heterocycles. The Kier molecular flexibility index (Phi) is 7.29. The van der Waals surface area contributed by atoms with Crippen molar-refractivity contribution in [2.45, 2.75) is 6.54 Å². The first kappa shape index (κ1) is 30.7. The van der Waals surface area contributed by atoms with Crippen LogP contribution >= 0.6 is 0 Å². The van der Waals surface area contributed by atoms with Crippen LogP contribution in [-0.2, 0) is 6.54 Å². The van der Waals surface area contributed by atoms with Gasteiger partial charge in [-0.15, -0.1) is 0 Å². The maximum absolute atomic E-state index is 6.21. The minimum atomic E-state index is 0.421. The lowest BCUT2D eigenvalue weighted by atomic mass is 9.96. The van der Waals surface area contributed by atoms with Crippen molar-refractivity contribution >= 4 is 83.8 Å². The standard InChI is InChI=1S/C48H31N3O2/c1-49-47(35-22-19-31-9-2-3-10-33(31)26-35)51-48(50-29-30-17-24-44-41(25-30)39-11-4-6-14-42(39)52-44)36-23-20-32-18-21-34(27-37(32)28-36)38-13-8-16-45-46(38)40-12-5-7-15-43(40)53-45/h2-28H,1,29H2/b50-48-,51-47-. The first-order chi connectivity index (χ1) is 26.2. The molecular weight excluding hydrogens is 651 g/mol. The van der Waals surface area contributed by atoms with Crippen molar-refractivity contribution in [1.29, 1.82) is 0 Å². The third-order valence-electron chi connectivity index (χ3n) is 10.0. The summed E-state index contributed by atoms with van der Waals surface area (Å²) in [4.78, 5) is 14.7. The van der Waals surface area contributed by atoms with E-state index in [1.807, 2.05) is 60.7 Å². The topological polar surface area (TPSA) is 63.4 Å². The van der Waals surface area contributed by atoms with Crippen molar-refractivity contribution in [2.75, 3.05) is 0 Å². The van der Waals surface area contributed by atoms with E-state index in [1.165, 1.54) is 0 Å². The number of benzene rings is 8. The zero-order valence-electron chi connectivity index (χ0n) is 28.7. The van der Waals surface area contributed by atoms with Crippen LogP contribution in [-0.4, -0.2) is 18.4 Å². The fraction of sp³-hybridized carbons (Fsp3) is 0.0208. The van der Waals surface area contributed by atoms with Gasteiger partial charge in [0.2, 0.25) is 0 Å². The highest BCUT2D eigenvalue weighted by atomic mass is 16.3. The fourth-order valence-corrected chi connectivity index (χ4v) is 7.42. The summed E-state index contributed by atoms with van der Waals surface area (Å²) in [5.74, 6) is 1.09. The Morgan fingerprint density at radius 2 is 1.11 bits per heavy atom. The molecular formula is C48H31N3O2. The van der Waals surface area contributed by atoms with Gasteiger partial charge in [-0.25, -0.2) is 9.98 Å². The summed E-state index contributed by atoms with van der Waals surface area (Å²) in [5, 5.41) is 8.85. The van der Waals surface area contributed by atoms with E-state index in [-0.39, 0.29) is 0 Å². The molecule has 0 radical (unpaired) electrons. The predicted molar refractivity (Wildman–Crippen MR) is 221 cm³/mol. The summed E-state index contributed by atoms with van der Waals surface area (Å²) in [7, 11) is 0. The molecule has 0 unspecified atom stereocenters. The number of fused-ring (bicyclic) bond motifs is 8. The van der Waals surface area contributed by atoms with E-state index >= 15 is 0 Å². The van der Waals surface area contributed by atoms with Crippen LogP contribution in [0, 0.1) is 0 Å². The van der Waals surface area contributed by atoms with Gasteiger partial charge in [-0.3, -0.25) is 4.99 Å². The highest BCUT2D eigenvalue weighted by molar-refractivity contribution is 6.15. The molecule has 0 aliphatic rings. The molecule has 0 aliphatic carbocycles. The van der Waals surface area contributed by atoms with Gasteiger partial charge in [0.25, 0.3) is 0 Å². The highest BCUT2D eigenvalue weighted by Gasteiger charge is 2.14. The number of rotatable bonds is 5. The van der Waals surface area contributed by atoms with Crippen LogP contribution in [0.2, 0.25) is 0 Å². The van der Waals surface area contributed by atoms with Gasteiger partial charge >= 0.3 is 0 Å². The molecule has 0 spiro atoms. The Hall–Kier alpha value is -7.11. The first-order valence-electron chi connectivity index (χ1n) is 17.6. The Bertz CT molecular complexity index is 3130. The number of furan rings is 2. The molecule has 0 amide bonds. The van der Waals surface area contributed by atoms with Gasteiger partial charge in [0.15, 0.2) is 11.7 Å². The number of hydrogen-bond donors (Lipinski definition) is 0. The first-order valence-corrected chi connectivity index (χ1v) is 17.6. The normalized spacial score (nSPS) is 12.5. The van der Waals surface area contributed by atoms with Crippen molar-refractivity contribution < 1.29 is 8.83 Å². The van der Waals surface area contributed by atoms with Gasteiger partial charge in [0.05, 0.1) is 6.54 Å². The smallest absolute Gasteiger partial charge is 0.161 e. The van der Waals surface area contributed by atoms with Crippen LogP contribution in [0.15, 0.2) is 188 Å². The van der Waals surface area contributed by atoms with Crippen molar-refractivity contribution in [3.63, 3.8) is 0 Å². The SMILES string of the molecule is C=N/C(=N\C(=N/Cc1ccc2oc3ccccc3c2c1)c1ccc2ccc(-c3cccc4oc5ccccc5c34)cc2c1)c1ccc2ccccc2c1. The zero-order valence-corrected chi connectivity index (χ0v) is 28.7. The van der Waals surface area contributed by atoms with Crippen LogP contribution in [0.25, 0.3) is 76.5 Å². The van der Waals surface area contributed by atoms with Gasteiger partial charge in [0, 0.05) is 32.7 Å². The summed E-state index contributed by atoms with van der Waals surface area (Å²) in [6.45, 7) is 4.34. The summed E-state index contributed by atoms with van der Waals surface area (Å²) in [5.41, 5.74) is 8.55. The van der Waals surface area contributed by atoms with Crippen molar-refractivity contribution in [2.24, 2.45) is 15.0 Å². The highest BCUT2D eigenvalue weighted by Crippen LogP contribution is 2.37. The Morgan fingerprint density at radius 1 is 0.472 bits per heavy atom. The van der Waals surface area contributed by atoms with Crippen molar-refractivity contribution in [3.8, 4) is 11.1 Å². The molecule has 0 saturated carbocycles. The summed E-state index contributed by atoms with van der Waals surface area (Å²) < 4.78 is 12.3. The van der Waals surface area contributed by atoms with E-state index in [4.69, 9.17) is 18.8 Å². The van der Waals surface area contributed by atoms with Gasteiger partial charge in [-0.05, 0) is 93.5 Å². The second-order valence-electron chi connectivity index (χ2n) is 13.3. The number of aliphatic imine (C=N–C) groups is 3. The van der Waals surface area contributed by atoms with Crippen LogP contribution < -0.4 is 0 Å². The lowest BCUT2D eigenvalue weighted by Gasteiger charge is -2.10. The summed E-state index contributed by atoms with van der Waals surface area (Å²) in [6.07, 6.45) is 0. The second-order valence-corrected chi connectivity index (χ2v) is 13.3. The monoisotopic (exact) mass is 681 g/mol. The molecule has 5 nitrogen and oxygen atoms in total. The Labute approximate surface area is 304 Å². The molecule has 10 rings (SSSR count). The minimum Gasteiger partial charge on any atom is -0.456 e. The minimum absolute atomic E-state index is 0.421. The number of nitrogens with zero attached hydrogens (tertiary/aromatic N) is 3. The van der Waals surface area contributed by atoms with Crippen LogP contribution in [0.4, 0.5) is 0 Å². The molecule has 2 aromatic heterocycles. The lowest BCUT2D eigenvalue weighted by molar-refractivity contribution is 0.668. The number of amidine groups is 2. The number of hydrogen-bond acceptors (Lipinski definition) is 3. The Balaban J connectivity index is 1.10. The van der Waals surface area contributed by atoms with E-state index in [1.54, 1.807) is 0 Å². The van der Waals surface area contributed by atoms with E-state index in [0.717, 1.165) is 93.2 Å². The van der Waals surface area contributed by atoms with E-state index in [9.17, 15) is 0 Å². The molecule has 0 aliphatic heterocycles. The molecule has 0 saturated heterocycles. The van der Waals surface area contributed by atoms with Gasteiger partial charge in [0.1, 0.15) is 22.3 Å². The molecule has 53 heavy (non-hydrogen) atoms. The Morgan fingerprint density at radius 3 is 1.96 bits per heavy atom. The molecule has 0 atom stereocenters. The predicted octanol–water partition coefficient (Wildman–Crippen LogP) is 12.6. The third-order valence-corrected chi connectivity index (χ3v) is 10.0. The molecule has 0 N–H and O–H groups in total. The molecule has 10 aromatic rings. The second kappa shape index (κ2) is 12.6. The third kappa shape index (κ3) is 5.47. The molecule has 0 fully saturated rings. The summed E-state index contributed by atoms with van der Waals surface area (Å²) in [6, 6.07) is 56.3. The maximum atomic E-state index is 6.21. The van der Waals surface area contributed by atoms with E-state index in [2.05, 4.69) is 115 Å². The quantitative estimate of drug-likeness (QED) is 0.134. The van der Waals surface area contributed by atoms with Gasteiger partial charge < -0.3 is 8.83 Å². The number of para-hydroxylation sites is 2.